The molecule has 1 unspecified atom stereocenters. The van der Waals surface area contributed by atoms with Crippen molar-refractivity contribution >= 4 is 5.91 Å². The monoisotopic (exact) mass is 298 g/mol. The molecule has 22 heavy (non-hydrogen) atoms. The average molecular weight is 298 g/mol. The van der Waals surface area contributed by atoms with E-state index in [2.05, 4.69) is 14.9 Å². The number of pyridine rings is 2. The van der Waals surface area contributed by atoms with E-state index < -0.39 is 5.91 Å². The maximum atomic E-state index is 11.4. The summed E-state index contributed by atoms with van der Waals surface area (Å²) in [4.78, 5) is 22.1. The van der Waals surface area contributed by atoms with E-state index in [1.54, 1.807) is 24.5 Å². The maximum absolute atomic E-state index is 11.4. The fourth-order valence-electron chi connectivity index (χ4n) is 2.59. The van der Waals surface area contributed by atoms with E-state index >= 15 is 0 Å². The summed E-state index contributed by atoms with van der Waals surface area (Å²) in [6.07, 6.45) is 4.30. The smallest absolute Gasteiger partial charge is 0.254 e. The predicted octanol–water partition coefficient (Wildman–Crippen LogP) is 1.23. The van der Waals surface area contributed by atoms with Gasteiger partial charge in [-0.15, -0.1) is 0 Å². The van der Waals surface area contributed by atoms with Gasteiger partial charge in [-0.1, -0.05) is 6.07 Å². The van der Waals surface area contributed by atoms with E-state index in [0.717, 1.165) is 31.7 Å². The van der Waals surface area contributed by atoms with E-state index in [0.29, 0.717) is 11.4 Å². The number of amides is 1. The van der Waals surface area contributed by atoms with Crippen LogP contribution < -0.4 is 10.5 Å². The van der Waals surface area contributed by atoms with Crippen molar-refractivity contribution in [1.29, 1.82) is 0 Å². The minimum atomic E-state index is -0.522. The Morgan fingerprint density at radius 2 is 2.14 bits per heavy atom. The Morgan fingerprint density at radius 3 is 2.91 bits per heavy atom. The Hall–Kier alpha value is -2.47. The molecular formula is C16H18N4O2. The quantitative estimate of drug-likeness (QED) is 0.898. The van der Waals surface area contributed by atoms with Crippen LogP contribution in [0.4, 0.5) is 0 Å². The second kappa shape index (κ2) is 6.53. The second-order valence-electron chi connectivity index (χ2n) is 5.31. The molecule has 2 N–H and O–H groups in total. The Bertz CT molecular complexity index is 648. The van der Waals surface area contributed by atoms with Crippen molar-refractivity contribution in [3.05, 3.63) is 54.0 Å². The van der Waals surface area contributed by atoms with Crippen molar-refractivity contribution in [3.8, 4) is 5.88 Å². The molecule has 6 heteroatoms. The number of likely N-dealkylation sites (tertiary alicyclic amines) is 1. The summed E-state index contributed by atoms with van der Waals surface area (Å²) in [5.41, 5.74) is 6.71. The van der Waals surface area contributed by atoms with E-state index in [4.69, 9.17) is 10.5 Å². The lowest BCUT2D eigenvalue weighted by molar-refractivity contribution is 0.0991. The van der Waals surface area contributed by atoms with Gasteiger partial charge in [0.05, 0.1) is 5.69 Å². The highest BCUT2D eigenvalue weighted by molar-refractivity contribution is 5.94. The van der Waals surface area contributed by atoms with Gasteiger partial charge < -0.3 is 10.5 Å². The summed E-state index contributed by atoms with van der Waals surface area (Å²) < 4.78 is 5.86. The Balaban J connectivity index is 1.61. The third-order valence-electron chi connectivity index (χ3n) is 3.66. The first kappa shape index (κ1) is 14.5. The highest BCUT2D eigenvalue weighted by Gasteiger charge is 2.25. The summed E-state index contributed by atoms with van der Waals surface area (Å²) >= 11 is 0. The number of hydrogen-bond donors (Lipinski definition) is 1. The Kier molecular flexibility index (Phi) is 4.29. The van der Waals surface area contributed by atoms with Crippen LogP contribution in [0, 0.1) is 0 Å². The number of aromatic nitrogens is 2. The second-order valence-corrected chi connectivity index (χ2v) is 5.31. The van der Waals surface area contributed by atoms with E-state index in [1.807, 2.05) is 18.2 Å². The van der Waals surface area contributed by atoms with Crippen LogP contribution in [0.2, 0.25) is 0 Å². The highest BCUT2D eigenvalue weighted by atomic mass is 16.5. The van der Waals surface area contributed by atoms with Crippen LogP contribution in [0.25, 0.3) is 0 Å². The molecule has 0 bridgehead atoms. The molecule has 1 amide bonds. The van der Waals surface area contributed by atoms with Gasteiger partial charge in [0.2, 0.25) is 5.88 Å². The van der Waals surface area contributed by atoms with Crippen LogP contribution in [0.1, 0.15) is 22.5 Å². The van der Waals surface area contributed by atoms with Gasteiger partial charge in [-0.2, -0.15) is 0 Å². The largest absolute Gasteiger partial charge is 0.472 e. The topological polar surface area (TPSA) is 81.3 Å². The summed E-state index contributed by atoms with van der Waals surface area (Å²) in [6, 6.07) is 9.21. The number of nitrogens with zero attached hydrogens (tertiary/aromatic N) is 3. The van der Waals surface area contributed by atoms with Crippen LogP contribution in [0.15, 0.2) is 42.7 Å². The molecule has 1 aliphatic rings. The summed E-state index contributed by atoms with van der Waals surface area (Å²) in [5, 5.41) is 0. The fraction of sp³-hybridized carbons (Fsp3) is 0.312. The molecule has 114 valence electrons. The first-order chi connectivity index (χ1) is 10.7. The predicted molar refractivity (Wildman–Crippen MR) is 81.3 cm³/mol. The number of ether oxygens (including phenoxy) is 1. The molecule has 1 fully saturated rings. The first-order valence-electron chi connectivity index (χ1n) is 7.26. The first-order valence-corrected chi connectivity index (χ1v) is 7.26. The van der Waals surface area contributed by atoms with Crippen molar-refractivity contribution in [2.24, 2.45) is 5.73 Å². The van der Waals surface area contributed by atoms with Gasteiger partial charge in [0.15, 0.2) is 0 Å². The number of carbonyl (C=O) groups is 1. The zero-order chi connectivity index (χ0) is 15.4. The molecule has 0 aromatic carbocycles. The van der Waals surface area contributed by atoms with Gasteiger partial charge in [0.1, 0.15) is 11.7 Å². The van der Waals surface area contributed by atoms with Crippen molar-refractivity contribution in [2.45, 2.75) is 19.1 Å². The molecule has 0 radical (unpaired) electrons. The Labute approximate surface area is 128 Å². The molecule has 0 spiro atoms. The van der Waals surface area contributed by atoms with Gasteiger partial charge in [0.25, 0.3) is 5.91 Å². The zero-order valence-corrected chi connectivity index (χ0v) is 12.2. The number of primary amides is 1. The number of carbonyl (C=O) groups excluding carboxylic acids is 1. The molecule has 0 aliphatic carbocycles. The third kappa shape index (κ3) is 3.40. The lowest BCUT2D eigenvalue weighted by Gasteiger charge is -2.16. The van der Waals surface area contributed by atoms with Crippen molar-refractivity contribution in [1.82, 2.24) is 14.9 Å². The number of hydrogen-bond acceptors (Lipinski definition) is 5. The van der Waals surface area contributed by atoms with E-state index in [-0.39, 0.29) is 6.10 Å². The minimum Gasteiger partial charge on any atom is -0.472 e. The third-order valence-corrected chi connectivity index (χ3v) is 3.66. The summed E-state index contributed by atoms with van der Waals surface area (Å²) in [5.74, 6) is -0.203. The highest BCUT2D eigenvalue weighted by Crippen LogP contribution is 2.20. The molecule has 2 aromatic heterocycles. The Morgan fingerprint density at radius 1 is 1.27 bits per heavy atom. The lowest BCUT2D eigenvalue weighted by Crippen LogP contribution is -2.26. The van der Waals surface area contributed by atoms with Crippen LogP contribution in [-0.4, -0.2) is 40.0 Å². The molecule has 6 nitrogen and oxygen atoms in total. The molecule has 1 atom stereocenters. The van der Waals surface area contributed by atoms with Gasteiger partial charge >= 0.3 is 0 Å². The van der Waals surface area contributed by atoms with Crippen molar-refractivity contribution in [3.63, 3.8) is 0 Å². The molecule has 1 saturated heterocycles. The van der Waals surface area contributed by atoms with E-state index in [1.165, 1.54) is 0 Å². The van der Waals surface area contributed by atoms with Gasteiger partial charge in [-0.3, -0.25) is 14.7 Å². The fourth-order valence-corrected chi connectivity index (χ4v) is 2.59. The van der Waals surface area contributed by atoms with Crippen LogP contribution in [0.5, 0.6) is 5.88 Å². The normalized spacial score (nSPS) is 18.3. The average Bonchev–Trinajstić information content (AvgIpc) is 2.96. The van der Waals surface area contributed by atoms with Crippen LogP contribution in [-0.2, 0) is 6.54 Å². The standard InChI is InChI=1S/C16H18N4O2/c17-15(21)14-5-3-8-19-16(14)22-13-6-9-20(11-13)10-12-4-1-2-7-18-12/h1-5,7-8,13H,6,9-11H2,(H2,17,21). The van der Waals surface area contributed by atoms with Crippen molar-refractivity contribution < 1.29 is 9.53 Å². The number of rotatable bonds is 5. The van der Waals surface area contributed by atoms with Gasteiger partial charge in [-0.05, 0) is 30.7 Å². The minimum absolute atomic E-state index is 0.0108. The zero-order valence-electron chi connectivity index (χ0n) is 12.2. The van der Waals surface area contributed by atoms with Gasteiger partial charge in [0, 0.05) is 32.0 Å². The number of nitrogens with two attached hydrogens (primary N) is 1. The summed E-state index contributed by atoms with van der Waals surface area (Å²) in [7, 11) is 0. The SMILES string of the molecule is NC(=O)c1cccnc1OC1CCN(Cc2ccccn2)C1. The van der Waals surface area contributed by atoms with Gasteiger partial charge in [-0.25, -0.2) is 4.98 Å². The van der Waals surface area contributed by atoms with Crippen LogP contribution >= 0.6 is 0 Å². The lowest BCUT2D eigenvalue weighted by atomic mass is 10.2. The van der Waals surface area contributed by atoms with Crippen LogP contribution in [0.3, 0.4) is 0 Å². The van der Waals surface area contributed by atoms with Crippen molar-refractivity contribution in [2.75, 3.05) is 13.1 Å². The molecule has 0 saturated carbocycles. The molecular weight excluding hydrogens is 280 g/mol. The molecule has 3 heterocycles. The molecule has 3 rings (SSSR count). The summed E-state index contributed by atoms with van der Waals surface area (Å²) in [6.45, 7) is 2.51. The van der Waals surface area contributed by atoms with E-state index in [9.17, 15) is 4.79 Å². The maximum Gasteiger partial charge on any atom is 0.254 e. The molecule has 2 aromatic rings. The molecule has 1 aliphatic heterocycles.